The van der Waals surface area contributed by atoms with Crippen molar-refractivity contribution in [2.75, 3.05) is 7.11 Å². The van der Waals surface area contributed by atoms with Crippen LogP contribution in [-0.4, -0.2) is 24.1 Å². The summed E-state index contributed by atoms with van der Waals surface area (Å²) in [4.78, 5) is 19.7. The van der Waals surface area contributed by atoms with Crippen LogP contribution < -0.4 is 0 Å². The highest BCUT2D eigenvalue weighted by Gasteiger charge is 2.16. The van der Waals surface area contributed by atoms with Gasteiger partial charge in [0.05, 0.1) is 6.21 Å². The van der Waals surface area contributed by atoms with E-state index in [1.54, 1.807) is 6.21 Å². The van der Waals surface area contributed by atoms with E-state index in [9.17, 15) is 4.79 Å². The van der Waals surface area contributed by atoms with Crippen LogP contribution in [-0.2, 0) is 17.9 Å². The molecule has 0 saturated heterocycles. The van der Waals surface area contributed by atoms with Gasteiger partial charge in [0.25, 0.3) is 5.91 Å². The minimum atomic E-state index is -0.00191. The predicted molar refractivity (Wildman–Crippen MR) is 108 cm³/mol. The lowest BCUT2D eigenvalue weighted by Gasteiger charge is -2.23. The highest BCUT2D eigenvalue weighted by atomic mass is 16.6. The summed E-state index contributed by atoms with van der Waals surface area (Å²) in [5, 5.41) is 3.74. The van der Waals surface area contributed by atoms with Gasteiger partial charge in [-0.05, 0) is 28.8 Å². The number of benzene rings is 3. The summed E-state index contributed by atoms with van der Waals surface area (Å²) in [6, 6.07) is 27.4. The van der Waals surface area contributed by atoms with Gasteiger partial charge in [-0.3, -0.25) is 4.79 Å². The van der Waals surface area contributed by atoms with Gasteiger partial charge in [0.2, 0.25) is 0 Å². The largest absolute Gasteiger partial charge is 0.399 e. The molecule has 1 amide bonds. The molecule has 4 heteroatoms. The molecule has 0 heterocycles. The van der Waals surface area contributed by atoms with Crippen molar-refractivity contribution in [3.05, 3.63) is 107 Å². The molecule has 0 spiro atoms. The molecule has 3 rings (SSSR count). The minimum Gasteiger partial charge on any atom is -0.399 e. The van der Waals surface area contributed by atoms with E-state index < -0.39 is 0 Å². The van der Waals surface area contributed by atoms with Gasteiger partial charge in [0, 0.05) is 18.7 Å². The molecule has 3 aromatic carbocycles. The molecule has 136 valence electrons. The summed E-state index contributed by atoms with van der Waals surface area (Å²) in [6.07, 6.45) is 1.61. The molecular formula is C23H22N2O2. The number of hydrogen-bond donors (Lipinski definition) is 0. The van der Waals surface area contributed by atoms with Crippen LogP contribution in [0.25, 0.3) is 0 Å². The third kappa shape index (κ3) is 5.28. The number of hydrogen-bond acceptors (Lipinski definition) is 3. The van der Waals surface area contributed by atoms with Crippen LogP contribution in [0, 0.1) is 0 Å². The van der Waals surface area contributed by atoms with E-state index in [1.807, 2.05) is 89.8 Å². The number of amides is 1. The lowest BCUT2D eigenvalue weighted by molar-refractivity contribution is 0.0730. The van der Waals surface area contributed by atoms with Crippen molar-refractivity contribution in [3.63, 3.8) is 0 Å². The molecule has 0 saturated carbocycles. The lowest BCUT2D eigenvalue weighted by atomic mass is 10.1. The van der Waals surface area contributed by atoms with Crippen LogP contribution >= 0.6 is 0 Å². The Hall–Kier alpha value is -3.40. The number of oxime groups is 1. The summed E-state index contributed by atoms with van der Waals surface area (Å²) in [5.74, 6) is -0.00191. The van der Waals surface area contributed by atoms with Gasteiger partial charge in [-0.2, -0.15) is 0 Å². The number of carbonyl (C=O) groups excluding carboxylic acids is 1. The van der Waals surface area contributed by atoms with Crippen molar-refractivity contribution in [2.24, 2.45) is 5.16 Å². The van der Waals surface area contributed by atoms with Crippen molar-refractivity contribution in [1.82, 2.24) is 4.90 Å². The van der Waals surface area contributed by atoms with Gasteiger partial charge >= 0.3 is 0 Å². The fourth-order valence-electron chi connectivity index (χ4n) is 2.82. The second-order valence-electron chi connectivity index (χ2n) is 6.17. The molecule has 3 aromatic rings. The second-order valence-corrected chi connectivity index (χ2v) is 6.17. The Kier molecular flexibility index (Phi) is 6.36. The zero-order chi connectivity index (χ0) is 18.9. The molecule has 27 heavy (non-hydrogen) atoms. The summed E-state index contributed by atoms with van der Waals surface area (Å²) in [5.41, 5.74) is 3.73. The van der Waals surface area contributed by atoms with Crippen molar-refractivity contribution in [1.29, 1.82) is 0 Å². The molecular weight excluding hydrogens is 336 g/mol. The van der Waals surface area contributed by atoms with Crippen molar-refractivity contribution in [2.45, 2.75) is 13.1 Å². The van der Waals surface area contributed by atoms with Crippen LogP contribution in [0.5, 0.6) is 0 Å². The van der Waals surface area contributed by atoms with Crippen molar-refractivity contribution < 1.29 is 9.63 Å². The fraction of sp³-hybridized carbons (Fsp3) is 0.130. The van der Waals surface area contributed by atoms with Gasteiger partial charge in [-0.25, -0.2) is 0 Å². The Morgan fingerprint density at radius 3 is 1.85 bits per heavy atom. The first-order valence-electron chi connectivity index (χ1n) is 8.80. The van der Waals surface area contributed by atoms with E-state index in [1.165, 1.54) is 7.11 Å². The Morgan fingerprint density at radius 2 is 1.37 bits per heavy atom. The van der Waals surface area contributed by atoms with Gasteiger partial charge in [0.1, 0.15) is 7.11 Å². The second kappa shape index (κ2) is 9.34. The SMILES string of the molecule is CO/N=C/c1ccc(C(=O)N(Cc2ccccc2)Cc2ccccc2)cc1. The maximum Gasteiger partial charge on any atom is 0.254 e. The van der Waals surface area contributed by atoms with Crippen LogP contribution in [0.1, 0.15) is 27.0 Å². The van der Waals surface area contributed by atoms with E-state index in [-0.39, 0.29) is 5.91 Å². The monoisotopic (exact) mass is 358 g/mol. The summed E-state index contributed by atoms with van der Waals surface area (Å²) >= 11 is 0. The Labute approximate surface area is 159 Å². The molecule has 0 radical (unpaired) electrons. The fourth-order valence-corrected chi connectivity index (χ4v) is 2.82. The molecule has 0 aliphatic carbocycles. The number of nitrogens with zero attached hydrogens (tertiary/aromatic N) is 2. The van der Waals surface area contributed by atoms with E-state index in [4.69, 9.17) is 0 Å². The van der Waals surface area contributed by atoms with Gasteiger partial charge in [-0.15, -0.1) is 0 Å². The van der Waals surface area contributed by atoms with Crippen LogP contribution in [0.2, 0.25) is 0 Å². The lowest BCUT2D eigenvalue weighted by Crippen LogP contribution is -2.30. The first-order valence-corrected chi connectivity index (χ1v) is 8.80. The molecule has 0 fully saturated rings. The molecule has 0 N–H and O–H groups in total. The standard InChI is InChI=1S/C23H22N2O2/c1-27-24-16-19-12-14-22(15-13-19)23(26)25(17-20-8-4-2-5-9-20)18-21-10-6-3-7-11-21/h2-16H,17-18H2,1H3/b24-16+. The van der Waals surface area contributed by atoms with Gasteiger partial charge in [-0.1, -0.05) is 78.0 Å². The molecule has 0 atom stereocenters. The maximum absolute atomic E-state index is 13.1. The molecule has 0 bridgehead atoms. The smallest absolute Gasteiger partial charge is 0.254 e. The van der Waals surface area contributed by atoms with Crippen LogP contribution in [0.3, 0.4) is 0 Å². The molecule has 0 aromatic heterocycles. The quantitative estimate of drug-likeness (QED) is 0.461. The molecule has 0 aliphatic rings. The van der Waals surface area contributed by atoms with Crippen molar-refractivity contribution >= 4 is 12.1 Å². The summed E-state index contributed by atoms with van der Waals surface area (Å²) < 4.78 is 0. The van der Waals surface area contributed by atoms with Crippen molar-refractivity contribution in [3.8, 4) is 0 Å². The van der Waals surface area contributed by atoms with Gasteiger partial charge in [0.15, 0.2) is 0 Å². The first-order chi connectivity index (χ1) is 13.3. The number of carbonyl (C=O) groups is 1. The third-order valence-corrected chi connectivity index (χ3v) is 4.18. The van der Waals surface area contributed by atoms with Gasteiger partial charge < -0.3 is 9.74 Å². The van der Waals surface area contributed by atoms with E-state index in [2.05, 4.69) is 9.99 Å². The highest BCUT2D eigenvalue weighted by Crippen LogP contribution is 2.15. The Bertz CT molecular complexity index is 834. The minimum absolute atomic E-state index is 0.00191. The van der Waals surface area contributed by atoms with Crippen LogP contribution in [0.4, 0.5) is 0 Å². The summed E-state index contributed by atoms with van der Waals surface area (Å²) in [6.45, 7) is 1.11. The predicted octanol–water partition coefficient (Wildman–Crippen LogP) is 4.51. The zero-order valence-electron chi connectivity index (χ0n) is 15.3. The zero-order valence-corrected chi connectivity index (χ0v) is 15.3. The summed E-state index contributed by atoms with van der Waals surface area (Å²) in [7, 11) is 1.50. The highest BCUT2D eigenvalue weighted by molar-refractivity contribution is 5.95. The Morgan fingerprint density at radius 1 is 0.852 bits per heavy atom. The van der Waals surface area contributed by atoms with E-state index in [0.29, 0.717) is 18.7 Å². The van der Waals surface area contributed by atoms with E-state index >= 15 is 0 Å². The third-order valence-electron chi connectivity index (χ3n) is 4.18. The molecule has 0 aliphatic heterocycles. The number of rotatable bonds is 7. The first kappa shape index (κ1) is 18.4. The topological polar surface area (TPSA) is 41.9 Å². The molecule has 4 nitrogen and oxygen atoms in total. The van der Waals surface area contributed by atoms with Crippen LogP contribution in [0.15, 0.2) is 90.1 Å². The molecule has 0 unspecified atom stereocenters. The average Bonchev–Trinajstić information content (AvgIpc) is 2.73. The maximum atomic E-state index is 13.1. The normalized spacial score (nSPS) is 10.7. The average molecular weight is 358 g/mol. The van der Waals surface area contributed by atoms with E-state index in [0.717, 1.165) is 16.7 Å². The Balaban J connectivity index is 1.82.